The minimum absolute atomic E-state index is 0.0967. The highest BCUT2D eigenvalue weighted by Gasteiger charge is 2.23. The minimum Gasteiger partial charge on any atom is -0.497 e. The van der Waals surface area contributed by atoms with E-state index in [0.717, 1.165) is 23.8 Å². The molecule has 3 aromatic rings. The van der Waals surface area contributed by atoms with E-state index in [4.69, 9.17) is 4.74 Å². The molecule has 0 unspecified atom stereocenters. The molecule has 0 radical (unpaired) electrons. The lowest BCUT2D eigenvalue weighted by Gasteiger charge is -2.34. The second kappa shape index (κ2) is 8.83. The van der Waals surface area contributed by atoms with Gasteiger partial charge in [0.25, 0.3) is 0 Å². The summed E-state index contributed by atoms with van der Waals surface area (Å²) in [6, 6.07) is 9.82. The normalized spacial score (nSPS) is 14.2. The molecule has 2 amide bonds. The largest absolute Gasteiger partial charge is 0.497 e. The molecule has 2 heterocycles. The molecule has 1 N–H and O–H groups in total. The lowest BCUT2D eigenvalue weighted by atomic mass is 10.1. The Morgan fingerprint density at radius 3 is 2.60 bits per heavy atom. The van der Waals surface area contributed by atoms with Gasteiger partial charge in [0.2, 0.25) is 0 Å². The second-order valence-electron chi connectivity index (χ2n) is 7.03. The Bertz CT molecular complexity index is 1030. The average molecular weight is 432 g/mol. The van der Waals surface area contributed by atoms with Crippen molar-refractivity contribution in [1.29, 1.82) is 0 Å². The molecule has 0 bridgehead atoms. The zero-order valence-corrected chi connectivity index (χ0v) is 17.3. The van der Waals surface area contributed by atoms with Gasteiger partial charge in [0.15, 0.2) is 10.9 Å². The van der Waals surface area contributed by atoms with Crippen LogP contribution in [0.4, 0.5) is 18.7 Å². The summed E-state index contributed by atoms with van der Waals surface area (Å²) in [5, 5.41) is 3.60. The Labute approximate surface area is 177 Å². The maximum absolute atomic E-state index is 13.9. The van der Waals surface area contributed by atoms with Crippen LogP contribution in [0.1, 0.15) is 5.56 Å². The van der Waals surface area contributed by atoms with Gasteiger partial charge in [0.05, 0.1) is 11.8 Å². The summed E-state index contributed by atoms with van der Waals surface area (Å²) < 4.78 is 32.9. The first-order chi connectivity index (χ1) is 14.5. The van der Waals surface area contributed by atoms with Gasteiger partial charge >= 0.3 is 6.03 Å². The van der Waals surface area contributed by atoms with E-state index < -0.39 is 11.6 Å². The summed E-state index contributed by atoms with van der Waals surface area (Å²) in [6.45, 7) is 2.82. The van der Waals surface area contributed by atoms with Gasteiger partial charge in [-0.2, -0.15) is 0 Å². The van der Waals surface area contributed by atoms with Gasteiger partial charge in [-0.05, 0) is 30.2 Å². The van der Waals surface area contributed by atoms with Crippen molar-refractivity contribution in [3.8, 4) is 5.75 Å². The van der Waals surface area contributed by atoms with Gasteiger partial charge in [-0.1, -0.05) is 23.5 Å². The number of fused-ring (bicyclic) bond motifs is 1. The topological polar surface area (TPSA) is 57.7 Å². The minimum atomic E-state index is -0.651. The number of carbonyl (C=O) groups excluding carboxylic acids is 1. The van der Waals surface area contributed by atoms with Gasteiger partial charge in [-0.3, -0.25) is 0 Å². The van der Waals surface area contributed by atoms with E-state index in [1.807, 2.05) is 29.2 Å². The van der Waals surface area contributed by atoms with Gasteiger partial charge in [-0.25, -0.2) is 18.6 Å². The van der Waals surface area contributed by atoms with Crippen molar-refractivity contribution >= 4 is 32.7 Å². The predicted molar refractivity (Wildman–Crippen MR) is 113 cm³/mol. The molecular formula is C21H22F2N4O2S. The SMILES string of the molecule is COc1ccc(CCNC(=O)N2CCN(c3nc4c(F)cc(F)cc4s3)CC2)cc1. The standard InChI is InChI=1S/C21H22F2N4O2S/c1-29-16-4-2-14(3-5-16)6-7-24-20(28)26-8-10-27(11-9-26)21-25-19-17(23)12-15(22)13-18(19)30-21/h2-5,12-13H,6-11H2,1H3,(H,24,28). The van der Waals surface area contributed by atoms with Crippen LogP contribution in [0.3, 0.4) is 0 Å². The molecule has 2 aromatic carbocycles. The molecule has 1 aliphatic heterocycles. The Balaban J connectivity index is 1.27. The van der Waals surface area contributed by atoms with Crippen LogP contribution >= 0.6 is 11.3 Å². The smallest absolute Gasteiger partial charge is 0.317 e. The second-order valence-corrected chi connectivity index (χ2v) is 8.04. The molecule has 1 aromatic heterocycles. The third-order valence-corrected chi connectivity index (χ3v) is 6.15. The summed E-state index contributed by atoms with van der Waals surface area (Å²) in [4.78, 5) is 20.5. The van der Waals surface area contributed by atoms with E-state index in [9.17, 15) is 13.6 Å². The number of hydrogen-bond donors (Lipinski definition) is 1. The molecule has 6 nitrogen and oxygen atoms in total. The van der Waals surface area contributed by atoms with E-state index in [1.54, 1.807) is 12.0 Å². The van der Waals surface area contributed by atoms with Crippen molar-refractivity contribution in [1.82, 2.24) is 15.2 Å². The molecule has 4 rings (SSSR count). The molecule has 1 fully saturated rings. The molecule has 0 atom stereocenters. The van der Waals surface area contributed by atoms with Crippen molar-refractivity contribution in [3.63, 3.8) is 0 Å². The molecule has 0 saturated carbocycles. The number of urea groups is 1. The summed E-state index contributed by atoms with van der Waals surface area (Å²) in [5.74, 6) is -0.449. The van der Waals surface area contributed by atoms with Crippen LogP contribution in [0.2, 0.25) is 0 Å². The van der Waals surface area contributed by atoms with E-state index in [-0.39, 0.29) is 11.5 Å². The van der Waals surface area contributed by atoms with Crippen LogP contribution in [-0.2, 0) is 6.42 Å². The lowest BCUT2D eigenvalue weighted by Crippen LogP contribution is -2.52. The fourth-order valence-electron chi connectivity index (χ4n) is 3.40. The number of halogens is 2. The zero-order chi connectivity index (χ0) is 21.1. The molecule has 1 aliphatic rings. The number of anilines is 1. The van der Waals surface area contributed by atoms with Gasteiger partial charge in [0.1, 0.15) is 17.1 Å². The number of piperazine rings is 1. The van der Waals surface area contributed by atoms with Gasteiger partial charge in [0, 0.05) is 38.8 Å². The molecule has 0 aliphatic carbocycles. The highest BCUT2D eigenvalue weighted by Crippen LogP contribution is 2.31. The number of aromatic nitrogens is 1. The number of methoxy groups -OCH3 is 1. The Morgan fingerprint density at radius 2 is 1.90 bits per heavy atom. The Kier molecular flexibility index (Phi) is 5.98. The van der Waals surface area contributed by atoms with Gasteiger partial charge < -0.3 is 19.9 Å². The number of rotatable bonds is 5. The van der Waals surface area contributed by atoms with Crippen LogP contribution < -0.4 is 15.0 Å². The number of carbonyl (C=O) groups is 1. The number of benzene rings is 2. The van der Waals surface area contributed by atoms with E-state index in [0.29, 0.717) is 42.6 Å². The summed E-state index contributed by atoms with van der Waals surface area (Å²) in [7, 11) is 1.63. The van der Waals surface area contributed by atoms with Crippen LogP contribution in [-0.4, -0.2) is 55.7 Å². The monoisotopic (exact) mass is 432 g/mol. The number of hydrogen-bond acceptors (Lipinski definition) is 5. The zero-order valence-electron chi connectivity index (χ0n) is 16.5. The first kappa shape index (κ1) is 20.3. The first-order valence-corrected chi connectivity index (χ1v) is 10.5. The Hall–Kier alpha value is -2.94. The summed E-state index contributed by atoms with van der Waals surface area (Å²) >= 11 is 1.26. The van der Waals surface area contributed by atoms with Crippen LogP contribution in [0.15, 0.2) is 36.4 Å². The fraction of sp³-hybridized carbons (Fsp3) is 0.333. The predicted octanol–water partition coefficient (Wildman–Crippen LogP) is 3.66. The van der Waals surface area contributed by atoms with Crippen molar-refractivity contribution < 1.29 is 18.3 Å². The quantitative estimate of drug-likeness (QED) is 0.669. The van der Waals surface area contributed by atoms with Crippen molar-refractivity contribution in [2.24, 2.45) is 0 Å². The number of amides is 2. The van der Waals surface area contributed by atoms with Crippen LogP contribution in [0.25, 0.3) is 10.2 Å². The van der Waals surface area contributed by atoms with E-state index in [2.05, 4.69) is 10.3 Å². The third-order valence-electron chi connectivity index (χ3n) is 5.09. The molecule has 1 saturated heterocycles. The Morgan fingerprint density at radius 1 is 1.17 bits per heavy atom. The van der Waals surface area contributed by atoms with E-state index >= 15 is 0 Å². The maximum atomic E-state index is 13.9. The highest BCUT2D eigenvalue weighted by atomic mass is 32.1. The summed E-state index contributed by atoms with van der Waals surface area (Å²) in [6.07, 6.45) is 0.740. The maximum Gasteiger partial charge on any atom is 0.317 e. The molecule has 158 valence electrons. The number of ether oxygens (including phenoxy) is 1. The van der Waals surface area contributed by atoms with Crippen molar-refractivity contribution in [2.45, 2.75) is 6.42 Å². The third kappa shape index (κ3) is 4.46. The molecule has 30 heavy (non-hydrogen) atoms. The number of thiazole rings is 1. The van der Waals surface area contributed by atoms with Crippen molar-refractivity contribution in [2.75, 3.05) is 44.7 Å². The lowest BCUT2D eigenvalue weighted by molar-refractivity contribution is 0.194. The van der Waals surface area contributed by atoms with Crippen LogP contribution in [0.5, 0.6) is 5.75 Å². The number of nitrogens with one attached hydrogen (secondary N) is 1. The first-order valence-electron chi connectivity index (χ1n) is 9.70. The van der Waals surface area contributed by atoms with E-state index in [1.165, 1.54) is 17.4 Å². The van der Waals surface area contributed by atoms with Gasteiger partial charge in [-0.15, -0.1) is 0 Å². The molecular weight excluding hydrogens is 410 g/mol. The average Bonchev–Trinajstić information content (AvgIpc) is 3.19. The fourth-order valence-corrected chi connectivity index (χ4v) is 4.46. The molecule has 9 heteroatoms. The van der Waals surface area contributed by atoms with Crippen molar-refractivity contribution in [3.05, 3.63) is 53.6 Å². The molecule has 0 spiro atoms. The number of nitrogens with zero attached hydrogens (tertiary/aromatic N) is 3. The highest BCUT2D eigenvalue weighted by molar-refractivity contribution is 7.22. The van der Waals surface area contributed by atoms with Crippen LogP contribution in [0, 0.1) is 11.6 Å². The summed E-state index contributed by atoms with van der Waals surface area (Å²) in [5.41, 5.74) is 1.32.